The molecule has 0 bridgehead atoms. The number of halogens is 2. The highest BCUT2D eigenvalue weighted by Gasteiger charge is 2.16. The molecule has 0 amide bonds. The highest BCUT2D eigenvalue weighted by Crippen LogP contribution is 2.21. The van der Waals surface area contributed by atoms with Crippen LogP contribution in [0.1, 0.15) is 11.1 Å². The minimum Gasteiger partial charge on any atom is -0.497 e. The summed E-state index contributed by atoms with van der Waals surface area (Å²) in [5, 5.41) is 9.48. The lowest BCUT2D eigenvalue weighted by Gasteiger charge is -2.16. The molecule has 0 aromatic heterocycles. The molecule has 2 nitrogen and oxygen atoms in total. The zero-order valence-electron chi connectivity index (χ0n) is 11.9. The van der Waals surface area contributed by atoms with Gasteiger partial charge in [-0.05, 0) is 48.6 Å². The molecule has 0 spiro atoms. The van der Waals surface area contributed by atoms with Crippen LogP contribution in [0, 0.1) is 17.6 Å². The van der Waals surface area contributed by atoms with E-state index in [0.29, 0.717) is 6.42 Å². The molecule has 21 heavy (non-hydrogen) atoms. The minimum absolute atomic E-state index is 0.0273. The number of hydrogen-bond donors (Lipinski definition) is 1. The molecule has 4 heteroatoms. The first-order valence-electron chi connectivity index (χ1n) is 6.80. The minimum atomic E-state index is -0.570. The van der Waals surface area contributed by atoms with Gasteiger partial charge in [0.25, 0.3) is 0 Å². The second-order valence-electron chi connectivity index (χ2n) is 5.01. The molecule has 0 fully saturated rings. The standard InChI is InChI=1S/C17H18F2O2/c1-21-14-5-2-4-12(9-14)8-13(11-20)10-15-16(18)6-3-7-17(15)19/h2-7,9,13,20H,8,10-11H2,1H3. The topological polar surface area (TPSA) is 29.5 Å². The van der Waals surface area contributed by atoms with E-state index in [-0.39, 0.29) is 24.5 Å². The number of aliphatic hydroxyl groups excluding tert-OH is 1. The van der Waals surface area contributed by atoms with Crippen LogP contribution in [0.15, 0.2) is 42.5 Å². The Hall–Kier alpha value is -1.94. The Labute approximate surface area is 123 Å². The van der Waals surface area contributed by atoms with Crippen molar-refractivity contribution in [2.45, 2.75) is 12.8 Å². The van der Waals surface area contributed by atoms with Crippen molar-refractivity contribution in [1.82, 2.24) is 0 Å². The highest BCUT2D eigenvalue weighted by molar-refractivity contribution is 5.29. The fraction of sp³-hybridized carbons (Fsp3) is 0.294. The van der Waals surface area contributed by atoms with Crippen molar-refractivity contribution < 1.29 is 18.6 Å². The molecule has 2 aromatic carbocycles. The maximum Gasteiger partial charge on any atom is 0.129 e. The zero-order chi connectivity index (χ0) is 15.2. The third kappa shape index (κ3) is 4.02. The van der Waals surface area contributed by atoms with Gasteiger partial charge in [-0.25, -0.2) is 8.78 Å². The number of hydrogen-bond acceptors (Lipinski definition) is 2. The second-order valence-corrected chi connectivity index (χ2v) is 5.01. The van der Waals surface area contributed by atoms with Crippen LogP contribution in [0.25, 0.3) is 0 Å². The van der Waals surface area contributed by atoms with E-state index < -0.39 is 11.6 Å². The number of ether oxygens (including phenoxy) is 1. The largest absolute Gasteiger partial charge is 0.497 e. The third-order valence-corrected chi connectivity index (χ3v) is 3.47. The molecule has 0 aliphatic carbocycles. The summed E-state index contributed by atoms with van der Waals surface area (Å²) in [4.78, 5) is 0. The van der Waals surface area contributed by atoms with Crippen LogP contribution in [0.5, 0.6) is 5.75 Å². The normalized spacial score (nSPS) is 12.2. The maximum absolute atomic E-state index is 13.7. The van der Waals surface area contributed by atoms with Crippen LogP contribution in [-0.4, -0.2) is 18.8 Å². The lowest BCUT2D eigenvalue weighted by Crippen LogP contribution is -2.15. The molecule has 0 aliphatic heterocycles. The molecule has 0 radical (unpaired) electrons. The molecule has 0 saturated carbocycles. The predicted octanol–water partition coefficient (Wildman–Crippen LogP) is 3.37. The van der Waals surface area contributed by atoms with Crippen molar-refractivity contribution >= 4 is 0 Å². The van der Waals surface area contributed by atoms with E-state index in [1.807, 2.05) is 24.3 Å². The lowest BCUT2D eigenvalue weighted by atomic mass is 9.92. The highest BCUT2D eigenvalue weighted by atomic mass is 19.1. The fourth-order valence-electron chi connectivity index (χ4n) is 2.35. The van der Waals surface area contributed by atoms with E-state index in [1.165, 1.54) is 18.2 Å². The van der Waals surface area contributed by atoms with Gasteiger partial charge in [0.1, 0.15) is 17.4 Å². The van der Waals surface area contributed by atoms with Crippen LogP contribution in [0.2, 0.25) is 0 Å². The summed E-state index contributed by atoms with van der Waals surface area (Å²) in [5.41, 5.74) is 0.990. The van der Waals surface area contributed by atoms with E-state index in [4.69, 9.17) is 4.74 Å². The van der Waals surface area contributed by atoms with Gasteiger partial charge in [-0.2, -0.15) is 0 Å². The van der Waals surface area contributed by atoms with Crippen molar-refractivity contribution in [3.63, 3.8) is 0 Å². The Morgan fingerprint density at radius 3 is 2.33 bits per heavy atom. The summed E-state index contributed by atoms with van der Waals surface area (Å²) < 4.78 is 32.5. The number of aliphatic hydroxyl groups is 1. The summed E-state index contributed by atoms with van der Waals surface area (Å²) in [6.45, 7) is -0.134. The molecule has 1 N–H and O–H groups in total. The first-order valence-corrected chi connectivity index (χ1v) is 6.80. The molecule has 2 aromatic rings. The Morgan fingerprint density at radius 1 is 1.05 bits per heavy atom. The molecule has 0 heterocycles. The molecule has 0 saturated heterocycles. The smallest absolute Gasteiger partial charge is 0.129 e. The number of rotatable bonds is 6. The van der Waals surface area contributed by atoms with Crippen LogP contribution in [0.4, 0.5) is 8.78 Å². The average Bonchev–Trinajstić information content (AvgIpc) is 2.50. The van der Waals surface area contributed by atoms with Crippen LogP contribution < -0.4 is 4.74 Å². The van der Waals surface area contributed by atoms with Gasteiger partial charge in [-0.1, -0.05) is 18.2 Å². The van der Waals surface area contributed by atoms with E-state index in [1.54, 1.807) is 7.11 Å². The van der Waals surface area contributed by atoms with E-state index in [0.717, 1.165) is 11.3 Å². The first-order chi connectivity index (χ1) is 10.1. The predicted molar refractivity (Wildman–Crippen MR) is 77.3 cm³/mol. The SMILES string of the molecule is COc1cccc(CC(CO)Cc2c(F)cccc2F)c1. The number of benzene rings is 2. The lowest BCUT2D eigenvalue weighted by molar-refractivity contribution is 0.223. The van der Waals surface area contributed by atoms with Crippen molar-refractivity contribution in [2.24, 2.45) is 5.92 Å². The Balaban J connectivity index is 2.13. The Kier molecular flexibility index (Phi) is 5.28. The van der Waals surface area contributed by atoms with Gasteiger partial charge in [0, 0.05) is 12.2 Å². The molecule has 1 unspecified atom stereocenters. The van der Waals surface area contributed by atoms with Crippen LogP contribution in [-0.2, 0) is 12.8 Å². The molecule has 0 aliphatic rings. The van der Waals surface area contributed by atoms with E-state index in [2.05, 4.69) is 0 Å². The van der Waals surface area contributed by atoms with Gasteiger partial charge < -0.3 is 9.84 Å². The summed E-state index contributed by atoms with van der Waals surface area (Å²) >= 11 is 0. The fourth-order valence-corrected chi connectivity index (χ4v) is 2.35. The average molecular weight is 292 g/mol. The summed E-state index contributed by atoms with van der Waals surface area (Å²) in [6.07, 6.45) is 0.688. The third-order valence-electron chi connectivity index (χ3n) is 3.47. The van der Waals surface area contributed by atoms with Crippen LogP contribution >= 0.6 is 0 Å². The summed E-state index contributed by atoms with van der Waals surface area (Å²) in [6, 6.07) is 11.3. The molecule has 2 rings (SSSR count). The molecular weight excluding hydrogens is 274 g/mol. The van der Waals surface area contributed by atoms with Crippen molar-refractivity contribution in [2.75, 3.05) is 13.7 Å². The molecule has 112 valence electrons. The van der Waals surface area contributed by atoms with E-state index >= 15 is 0 Å². The Morgan fingerprint density at radius 2 is 1.71 bits per heavy atom. The molecular formula is C17H18F2O2. The summed E-state index contributed by atoms with van der Waals surface area (Å²) in [5.74, 6) is -0.664. The molecule has 1 atom stereocenters. The monoisotopic (exact) mass is 292 g/mol. The van der Waals surface area contributed by atoms with Crippen molar-refractivity contribution in [1.29, 1.82) is 0 Å². The first kappa shape index (κ1) is 15.4. The van der Waals surface area contributed by atoms with Gasteiger partial charge in [-0.15, -0.1) is 0 Å². The zero-order valence-corrected chi connectivity index (χ0v) is 11.9. The van der Waals surface area contributed by atoms with Gasteiger partial charge >= 0.3 is 0 Å². The van der Waals surface area contributed by atoms with Gasteiger partial charge in [0.05, 0.1) is 7.11 Å². The number of methoxy groups -OCH3 is 1. The van der Waals surface area contributed by atoms with Crippen LogP contribution in [0.3, 0.4) is 0 Å². The Bertz CT molecular complexity index is 579. The quantitative estimate of drug-likeness (QED) is 0.884. The van der Waals surface area contributed by atoms with Crippen molar-refractivity contribution in [3.8, 4) is 5.75 Å². The van der Waals surface area contributed by atoms with E-state index in [9.17, 15) is 13.9 Å². The summed E-state index contributed by atoms with van der Waals surface area (Å²) in [7, 11) is 1.58. The van der Waals surface area contributed by atoms with Gasteiger partial charge in [0.2, 0.25) is 0 Å². The maximum atomic E-state index is 13.7. The second kappa shape index (κ2) is 7.18. The van der Waals surface area contributed by atoms with Gasteiger partial charge in [0.15, 0.2) is 0 Å². The van der Waals surface area contributed by atoms with Crippen molar-refractivity contribution in [3.05, 3.63) is 65.2 Å². The van der Waals surface area contributed by atoms with Gasteiger partial charge in [-0.3, -0.25) is 0 Å².